The summed E-state index contributed by atoms with van der Waals surface area (Å²) in [7, 11) is -1.30. The molecule has 0 saturated carbocycles. The van der Waals surface area contributed by atoms with Crippen molar-refractivity contribution in [3.8, 4) is 0 Å². The molecule has 0 spiro atoms. The first-order valence-corrected chi connectivity index (χ1v) is 10.5. The summed E-state index contributed by atoms with van der Waals surface area (Å²) in [6.07, 6.45) is 0.675. The van der Waals surface area contributed by atoms with Gasteiger partial charge in [-0.1, -0.05) is 24.3 Å². The Morgan fingerprint density at radius 3 is 2.35 bits per heavy atom. The molecule has 0 amide bonds. The lowest BCUT2D eigenvalue weighted by Gasteiger charge is -2.34. The second-order valence-corrected chi connectivity index (χ2v) is 8.69. The SMILES string of the molecule is Cc1cccc(S(=O)(=O)NCCc2ccc(N3CCN(C)CC3)cc2)c1. The Hall–Kier alpha value is -1.89. The third kappa shape index (κ3) is 4.84. The summed E-state index contributed by atoms with van der Waals surface area (Å²) >= 11 is 0. The summed E-state index contributed by atoms with van der Waals surface area (Å²) in [6.45, 7) is 6.55. The quantitative estimate of drug-likeness (QED) is 0.844. The number of nitrogens with one attached hydrogen (secondary N) is 1. The molecule has 1 aliphatic rings. The summed E-state index contributed by atoms with van der Waals surface area (Å²) in [6, 6.07) is 15.4. The molecule has 2 aromatic rings. The van der Waals surface area contributed by atoms with E-state index < -0.39 is 10.0 Å². The Balaban J connectivity index is 1.53. The van der Waals surface area contributed by atoms with Gasteiger partial charge in [0.05, 0.1) is 4.90 Å². The smallest absolute Gasteiger partial charge is 0.240 e. The molecule has 1 aliphatic heterocycles. The van der Waals surface area contributed by atoms with Crippen LogP contribution in [0.5, 0.6) is 0 Å². The van der Waals surface area contributed by atoms with E-state index in [1.807, 2.05) is 13.0 Å². The maximum atomic E-state index is 12.3. The predicted molar refractivity (Wildman–Crippen MR) is 106 cm³/mol. The van der Waals surface area contributed by atoms with E-state index in [4.69, 9.17) is 0 Å². The highest BCUT2D eigenvalue weighted by Gasteiger charge is 2.15. The van der Waals surface area contributed by atoms with Crippen LogP contribution in [-0.2, 0) is 16.4 Å². The van der Waals surface area contributed by atoms with Crippen LogP contribution in [0.4, 0.5) is 5.69 Å². The van der Waals surface area contributed by atoms with Crippen molar-refractivity contribution in [3.63, 3.8) is 0 Å². The van der Waals surface area contributed by atoms with Crippen LogP contribution in [0, 0.1) is 6.92 Å². The van der Waals surface area contributed by atoms with Gasteiger partial charge in [0.25, 0.3) is 0 Å². The number of likely N-dealkylation sites (N-methyl/N-ethyl adjacent to an activating group) is 1. The molecule has 1 heterocycles. The number of anilines is 1. The van der Waals surface area contributed by atoms with Gasteiger partial charge in [-0.2, -0.15) is 0 Å². The molecular formula is C20H27N3O2S. The summed E-state index contributed by atoms with van der Waals surface area (Å²) in [5, 5.41) is 0. The number of rotatable bonds is 6. The van der Waals surface area contributed by atoms with E-state index >= 15 is 0 Å². The monoisotopic (exact) mass is 373 g/mol. The molecule has 0 bridgehead atoms. The zero-order chi connectivity index (χ0) is 18.6. The van der Waals surface area contributed by atoms with E-state index in [2.05, 4.69) is 45.8 Å². The lowest BCUT2D eigenvalue weighted by Crippen LogP contribution is -2.44. The topological polar surface area (TPSA) is 52.7 Å². The van der Waals surface area contributed by atoms with Gasteiger partial charge in [-0.15, -0.1) is 0 Å². The molecule has 0 unspecified atom stereocenters. The molecule has 1 N–H and O–H groups in total. The fourth-order valence-corrected chi connectivity index (χ4v) is 4.27. The fraction of sp³-hybridized carbons (Fsp3) is 0.400. The second-order valence-electron chi connectivity index (χ2n) is 6.92. The minimum Gasteiger partial charge on any atom is -0.369 e. The molecular weight excluding hydrogens is 346 g/mol. The van der Waals surface area contributed by atoms with Crippen LogP contribution in [0.25, 0.3) is 0 Å². The molecule has 1 fully saturated rings. The van der Waals surface area contributed by atoms with Crippen molar-refractivity contribution in [1.82, 2.24) is 9.62 Å². The van der Waals surface area contributed by atoms with Gasteiger partial charge in [0.1, 0.15) is 0 Å². The Labute approximate surface area is 156 Å². The normalized spacial score (nSPS) is 16.0. The van der Waals surface area contributed by atoms with Crippen LogP contribution >= 0.6 is 0 Å². The van der Waals surface area contributed by atoms with Gasteiger partial charge in [-0.25, -0.2) is 13.1 Å². The molecule has 2 aromatic carbocycles. The van der Waals surface area contributed by atoms with Crippen molar-refractivity contribution in [2.75, 3.05) is 44.7 Å². The summed E-state index contributed by atoms with van der Waals surface area (Å²) in [5.74, 6) is 0. The Bertz CT molecular complexity index is 826. The average molecular weight is 374 g/mol. The van der Waals surface area contributed by atoms with Crippen LogP contribution in [0.3, 0.4) is 0 Å². The van der Waals surface area contributed by atoms with E-state index in [-0.39, 0.29) is 0 Å². The van der Waals surface area contributed by atoms with Crippen molar-refractivity contribution in [2.24, 2.45) is 0 Å². The van der Waals surface area contributed by atoms with E-state index in [0.29, 0.717) is 17.9 Å². The predicted octanol–water partition coefficient (Wildman–Crippen LogP) is 2.27. The maximum Gasteiger partial charge on any atom is 0.240 e. The van der Waals surface area contributed by atoms with E-state index in [1.54, 1.807) is 18.2 Å². The number of piperazine rings is 1. The zero-order valence-corrected chi connectivity index (χ0v) is 16.3. The number of sulfonamides is 1. The molecule has 6 heteroatoms. The standard InChI is InChI=1S/C20H27N3O2S/c1-17-4-3-5-20(16-17)26(24,25)21-11-10-18-6-8-19(9-7-18)23-14-12-22(2)13-15-23/h3-9,16,21H,10-15H2,1-2H3. The lowest BCUT2D eigenvalue weighted by molar-refractivity contribution is 0.313. The summed E-state index contributed by atoms with van der Waals surface area (Å²) in [4.78, 5) is 5.05. The molecule has 5 nitrogen and oxygen atoms in total. The van der Waals surface area contributed by atoms with Crippen molar-refractivity contribution in [1.29, 1.82) is 0 Å². The molecule has 0 radical (unpaired) electrons. The molecule has 26 heavy (non-hydrogen) atoms. The second kappa shape index (κ2) is 8.20. The minimum atomic E-state index is -3.45. The highest BCUT2D eigenvalue weighted by Crippen LogP contribution is 2.17. The first-order valence-electron chi connectivity index (χ1n) is 9.03. The number of nitrogens with zero attached hydrogens (tertiary/aromatic N) is 2. The third-order valence-electron chi connectivity index (χ3n) is 4.81. The van der Waals surface area contributed by atoms with Crippen LogP contribution in [0.1, 0.15) is 11.1 Å². The van der Waals surface area contributed by atoms with E-state index in [1.165, 1.54) is 5.69 Å². The number of aryl methyl sites for hydroxylation is 1. The molecule has 0 aliphatic carbocycles. The summed E-state index contributed by atoms with van der Waals surface area (Å²) in [5.41, 5.74) is 3.31. The molecule has 0 aromatic heterocycles. The van der Waals surface area contributed by atoms with Crippen LogP contribution in [-0.4, -0.2) is 53.1 Å². The molecule has 3 rings (SSSR count). The third-order valence-corrected chi connectivity index (χ3v) is 6.27. The van der Waals surface area contributed by atoms with Gasteiger partial charge < -0.3 is 9.80 Å². The highest BCUT2D eigenvalue weighted by molar-refractivity contribution is 7.89. The van der Waals surface area contributed by atoms with Crippen LogP contribution in [0.15, 0.2) is 53.4 Å². The molecule has 1 saturated heterocycles. The average Bonchev–Trinajstić information content (AvgIpc) is 2.63. The van der Waals surface area contributed by atoms with Crippen LogP contribution < -0.4 is 9.62 Å². The Morgan fingerprint density at radius 2 is 1.69 bits per heavy atom. The van der Waals surface area contributed by atoms with E-state index in [0.717, 1.165) is 37.3 Å². The van der Waals surface area contributed by atoms with Gasteiger partial charge in [0.2, 0.25) is 10.0 Å². The Kier molecular flexibility index (Phi) is 5.96. The van der Waals surface area contributed by atoms with Crippen molar-refractivity contribution < 1.29 is 8.42 Å². The van der Waals surface area contributed by atoms with Crippen molar-refractivity contribution in [2.45, 2.75) is 18.2 Å². The lowest BCUT2D eigenvalue weighted by atomic mass is 10.1. The first-order chi connectivity index (χ1) is 12.4. The highest BCUT2D eigenvalue weighted by atomic mass is 32.2. The number of benzene rings is 2. The Morgan fingerprint density at radius 1 is 1.00 bits per heavy atom. The van der Waals surface area contributed by atoms with Crippen LogP contribution in [0.2, 0.25) is 0 Å². The van der Waals surface area contributed by atoms with Crippen molar-refractivity contribution in [3.05, 3.63) is 59.7 Å². The van der Waals surface area contributed by atoms with Crippen molar-refractivity contribution >= 4 is 15.7 Å². The van der Waals surface area contributed by atoms with Gasteiger partial charge >= 0.3 is 0 Å². The largest absolute Gasteiger partial charge is 0.369 e. The molecule has 0 atom stereocenters. The number of hydrogen-bond donors (Lipinski definition) is 1. The van der Waals surface area contributed by atoms with Gasteiger partial charge in [-0.05, 0) is 55.8 Å². The maximum absolute atomic E-state index is 12.3. The summed E-state index contributed by atoms with van der Waals surface area (Å²) < 4.78 is 27.4. The fourth-order valence-electron chi connectivity index (χ4n) is 3.13. The van der Waals surface area contributed by atoms with Gasteiger partial charge in [0.15, 0.2) is 0 Å². The molecule has 140 valence electrons. The zero-order valence-electron chi connectivity index (χ0n) is 15.5. The number of hydrogen-bond acceptors (Lipinski definition) is 4. The minimum absolute atomic E-state index is 0.322. The van der Waals surface area contributed by atoms with Gasteiger partial charge in [0, 0.05) is 38.4 Å². The van der Waals surface area contributed by atoms with Gasteiger partial charge in [-0.3, -0.25) is 0 Å². The first kappa shape index (κ1) is 18.9. The van der Waals surface area contributed by atoms with E-state index in [9.17, 15) is 8.42 Å².